The Morgan fingerprint density at radius 2 is 1.85 bits per heavy atom. The van der Waals surface area contributed by atoms with Gasteiger partial charge in [-0.3, -0.25) is 0 Å². The van der Waals surface area contributed by atoms with Gasteiger partial charge in [-0.15, -0.1) is 11.8 Å². The smallest absolute Gasteiger partial charge is 0.245 e. The van der Waals surface area contributed by atoms with Gasteiger partial charge in [0.1, 0.15) is 10.6 Å². The van der Waals surface area contributed by atoms with E-state index in [4.69, 9.17) is 0 Å². The molecular weight excluding hydrogens is 368 g/mol. The van der Waals surface area contributed by atoms with E-state index in [0.29, 0.717) is 17.1 Å². The maximum atomic E-state index is 13.3. The fourth-order valence-corrected chi connectivity index (χ4v) is 6.13. The number of hydrogen-bond acceptors (Lipinski definition) is 5. The van der Waals surface area contributed by atoms with E-state index in [1.165, 1.54) is 22.1 Å². The number of benzene rings is 2. The number of para-hydroxylation sites is 1. The van der Waals surface area contributed by atoms with Gasteiger partial charge in [0.25, 0.3) is 0 Å². The van der Waals surface area contributed by atoms with Crippen LogP contribution in [-0.4, -0.2) is 43.2 Å². The van der Waals surface area contributed by atoms with E-state index in [1.807, 2.05) is 36.6 Å². The van der Waals surface area contributed by atoms with E-state index in [-0.39, 0.29) is 10.6 Å². The van der Waals surface area contributed by atoms with Crippen molar-refractivity contribution in [3.8, 4) is 5.75 Å². The van der Waals surface area contributed by atoms with E-state index < -0.39 is 15.6 Å². The summed E-state index contributed by atoms with van der Waals surface area (Å²) in [4.78, 5) is 2.93. The van der Waals surface area contributed by atoms with Gasteiger partial charge in [-0.1, -0.05) is 18.2 Å². The summed E-state index contributed by atoms with van der Waals surface area (Å²) in [7, 11) is -2.02. The molecule has 4 rings (SSSR count). The summed E-state index contributed by atoms with van der Waals surface area (Å²) >= 11 is 1.41. The number of rotatable bonds is 2. The van der Waals surface area contributed by atoms with Crippen LogP contribution in [0.1, 0.15) is 19.3 Å². The molecule has 0 atom stereocenters. The molecule has 0 saturated heterocycles. The number of fused-ring (bicyclic) bond motifs is 1. The summed E-state index contributed by atoms with van der Waals surface area (Å²) in [6, 6.07) is 13.1. The molecule has 7 heteroatoms. The first-order valence-corrected chi connectivity index (χ1v) is 11.3. The Hall–Kier alpha value is -1.70. The van der Waals surface area contributed by atoms with Gasteiger partial charge in [0.15, 0.2) is 0 Å². The molecule has 1 N–H and O–H groups in total. The summed E-state index contributed by atoms with van der Waals surface area (Å²) in [5, 5.41) is 10.3. The monoisotopic (exact) mass is 390 g/mol. The van der Waals surface area contributed by atoms with Crippen LogP contribution in [0.15, 0.2) is 52.3 Å². The molecule has 0 bridgehead atoms. The zero-order chi connectivity index (χ0) is 18.5. The van der Waals surface area contributed by atoms with Crippen LogP contribution in [0.2, 0.25) is 0 Å². The molecule has 1 spiro atoms. The first-order chi connectivity index (χ1) is 12.4. The number of anilines is 2. The predicted octanol–water partition coefficient (Wildman–Crippen LogP) is 3.81. The molecule has 26 heavy (non-hydrogen) atoms. The lowest BCUT2D eigenvalue weighted by atomic mass is 9.76. The molecular formula is C19H22N2O3S2. The third-order valence-corrected chi connectivity index (χ3v) is 8.42. The van der Waals surface area contributed by atoms with E-state index in [2.05, 4.69) is 4.90 Å². The van der Waals surface area contributed by atoms with Crippen molar-refractivity contribution >= 4 is 33.2 Å². The molecule has 138 valence electrons. The van der Waals surface area contributed by atoms with Crippen LogP contribution in [0.3, 0.4) is 0 Å². The van der Waals surface area contributed by atoms with Crippen LogP contribution in [0.5, 0.6) is 5.75 Å². The molecule has 1 fully saturated rings. The number of phenols is 1. The molecule has 0 aromatic heterocycles. The fraction of sp³-hybridized carbons (Fsp3) is 0.368. The average molecular weight is 391 g/mol. The normalized spacial score (nSPS) is 21.1. The van der Waals surface area contributed by atoms with Gasteiger partial charge < -0.3 is 10.0 Å². The highest BCUT2D eigenvalue weighted by Crippen LogP contribution is 2.49. The molecule has 0 unspecified atom stereocenters. The molecule has 1 aliphatic carbocycles. The number of phenolic OH excluding ortho intramolecular Hbond substituents is 1. The molecule has 2 aromatic rings. The van der Waals surface area contributed by atoms with Gasteiger partial charge in [0.05, 0.1) is 16.1 Å². The highest BCUT2D eigenvalue weighted by Gasteiger charge is 2.50. The van der Waals surface area contributed by atoms with Crippen molar-refractivity contribution in [2.45, 2.75) is 34.6 Å². The van der Waals surface area contributed by atoms with Crippen molar-refractivity contribution in [1.29, 1.82) is 0 Å². The third kappa shape index (κ3) is 2.52. The molecule has 1 heterocycles. The minimum Gasteiger partial charge on any atom is -0.507 e. The summed E-state index contributed by atoms with van der Waals surface area (Å²) < 4.78 is 28.2. The Morgan fingerprint density at radius 3 is 2.42 bits per heavy atom. The van der Waals surface area contributed by atoms with Crippen molar-refractivity contribution in [3.05, 3.63) is 42.5 Å². The first-order valence-electron chi connectivity index (χ1n) is 8.62. The fourth-order valence-electron chi connectivity index (χ4n) is 3.90. The number of nitrogens with zero attached hydrogens (tertiary/aromatic N) is 2. The maximum Gasteiger partial charge on any atom is 0.245 e. The van der Waals surface area contributed by atoms with Gasteiger partial charge in [0, 0.05) is 25.3 Å². The maximum absolute atomic E-state index is 13.3. The Bertz CT molecular complexity index is 941. The van der Waals surface area contributed by atoms with E-state index in [0.717, 1.165) is 24.9 Å². The van der Waals surface area contributed by atoms with E-state index in [9.17, 15) is 13.5 Å². The lowest BCUT2D eigenvalue weighted by molar-refractivity contribution is 0.118. The minimum absolute atomic E-state index is 0.00537. The molecule has 0 radical (unpaired) electrons. The van der Waals surface area contributed by atoms with Crippen LogP contribution in [0, 0.1) is 0 Å². The van der Waals surface area contributed by atoms with Crippen LogP contribution in [-0.2, 0) is 10.0 Å². The summed E-state index contributed by atoms with van der Waals surface area (Å²) in [6.45, 7) is 0.609. The zero-order valence-electron chi connectivity index (χ0n) is 14.8. The lowest BCUT2D eigenvalue weighted by Crippen LogP contribution is -2.58. The molecule has 5 nitrogen and oxygen atoms in total. The van der Waals surface area contributed by atoms with Crippen molar-refractivity contribution in [1.82, 2.24) is 4.31 Å². The summed E-state index contributed by atoms with van der Waals surface area (Å²) in [5.41, 5.74) is 1.19. The van der Waals surface area contributed by atoms with Gasteiger partial charge in [-0.2, -0.15) is 4.31 Å². The molecule has 2 aromatic carbocycles. The van der Waals surface area contributed by atoms with Crippen LogP contribution < -0.4 is 4.90 Å². The topological polar surface area (TPSA) is 60.9 Å². The quantitative estimate of drug-likeness (QED) is 0.790. The van der Waals surface area contributed by atoms with Gasteiger partial charge >= 0.3 is 0 Å². The van der Waals surface area contributed by atoms with E-state index >= 15 is 0 Å². The van der Waals surface area contributed by atoms with Crippen LogP contribution in [0.4, 0.5) is 11.4 Å². The van der Waals surface area contributed by atoms with Crippen LogP contribution >= 0.6 is 11.8 Å². The average Bonchev–Trinajstić information content (AvgIpc) is 2.68. The third-order valence-electron chi connectivity index (χ3n) is 5.66. The molecule has 1 saturated carbocycles. The number of aromatic hydroxyl groups is 1. The second-order valence-electron chi connectivity index (χ2n) is 6.96. The largest absolute Gasteiger partial charge is 0.507 e. The van der Waals surface area contributed by atoms with Crippen molar-refractivity contribution in [2.75, 3.05) is 24.7 Å². The van der Waals surface area contributed by atoms with Gasteiger partial charge in [-0.25, -0.2) is 8.42 Å². The Morgan fingerprint density at radius 1 is 1.15 bits per heavy atom. The highest BCUT2D eigenvalue weighted by atomic mass is 32.2. The Kier molecular flexibility index (Phi) is 4.21. The second-order valence-corrected chi connectivity index (χ2v) is 9.75. The Labute approximate surface area is 158 Å². The standard InChI is InChI=1S/C19H22N2O3S2/c1-20-19(9-6-10-19)13-21(14-7-4-3-5-8-14)15-11-17(25-2)16(22)12-18(15)26(20,23)24/h3-5,7-8,11-12,22H,6,9-10,13H2,1-2H3. The number of hydrogen-bond donors (Lipinski definition) is 1. The SMILES string of the molecule is CSc1cc2c(cc1O)S(=O)(=O)N(C)C1(CCC1)CN2c1ccccc1. The van der Waals surface area contributed by atoms with E-state index in [1.54, 1.807) is 13.1 Å². The molecule has 2 aliphatic rings. The highest BCUT2D eigenvalue weighted by molar-refractivity contribution is 7.98. The summed E-state index contributed by atoms with van der Waals surface area (Å²) in [5.74, 6) is 0.00537. The number of thioether (sulfide) groups is 1. The van der Waals surface area contributed by atoms with Crippen molar-refractivity contribution < 1.29 is 13.5 Å². The molecule has 0 amide bonds. The molecule has 1 aliphatic heterocycles. The van der Waals surface area contributed by atoms with Gasteiger partial charge in [-0.05, 0) is 43.7 Å². The Balaban J connectivity index is 2.00. The lowest BCUT2D eigenvalue weighted by Gasteiger charge is -2.48. The number of sulfonamides is 1. The zero-order valence-corrected chi connectivity index (χ0v) is 16.5. The first kappa shape index (κ1) is 17.7. The second kappa shape index (κ2) is 6.18. The van der Waals surface area contributed by atoms with Crippen LogP contribution in [0.25, 0.3) is 0 Å². The summed E-state index contributed by atoms with van der Waals surface area (Å²) in [6.07, 6.45) is 4.60. The predicted molar refractivity (Wildman–Crippen MR) is 105 cm³/mol. The van der Waals surface area contributed by atoms with Crippen molar-refractivity contribution in [3.63, 3.8) is 0 Å². The minimum atomic E-state index is -3.69. The van der Waals surface area contributed by atoms with Crippen molar-refractivity contribution in [2.24, 2.45) is 0 Å². The van der Waals surface area contributed by atoms with Gasteiger partial charge in [0.2, 0.25) is 10.0 Å². The number of likely N-dealkylation sites (N-methyl/N-ethyl adjacent to an activating group) is 1.